The van der Waals surface area contributed by atoms with Crippen LogP contribution in [-0.2, 0) is 13.3 Å². The summed E-state index contributed by atoms with van der Waals surface area (Å²) in [5.74, 6) is 0. The standard InChI is InChI=1S/C11H28NO3Si.ClH/c1-12(2,3)10-8-7-9-11-16(13-4,14-5)15-6;/h7-11H2,1-6H3;1H/q+1;/p-1. The average molecular weight is 286 g/mol. The van der Waals surface area contributed by atoms with Crippen molar-refractivity contribution in [1.82, 2.24) is 0 Å². The Labute approximate surface area is 114 Å². The zero-order valence-electron chi connectivity index (χ0n) is 12.1. The Morgan fingerprint density at radius 3 is 1.65 bits per heavy atom. The molecule has 0 bridgehead atoms. The van der Waals surface area contributed by atoms with Crippen LogP contribution in [0.5, 0.6) is 0 Å². The van der Waals surface area contributed by atoms with Crippen molar-refractivity contribution in [2.24, 2.45) is 0 Å². The van der Waals surface area contributed by atoms with Gasteiger partial charge in [-0.25, -0.2) is 0 Å². The first kappa shape index (κ1) is 19.7. The monoisotopic (exact) mass is 285 g/mol. The molecule has 0 aromatic carbocycles. The van der Waals surface area contributed by atoms with Crippen molar-refractivity contribution < 1.29 is 30.2 Å². The second-order valence-corrected chi connectivity index (χ2v) is 8.21. The van der Waals surface area contributed by atoms with E-state index < -0.39 is 8.80 Å². The molecule has 0 aliphatic rings. The van der Waals surface area contributed by atoms with E-state index >= 15 is 0 Å². The normalized spacial score (nSPS) is 12.4. The molecule has 0 amide bonds. The minimum atomic E-state index is -2.32. The summed E-state index contributed by atoms with van der Waals surface area (Å²) in [7, 11) is 9.36. The zero-order valence-corrected chi connectivity index (χ0v) is 13.8. The van der Waals surface area contributed by atoms with E-state index in [-0.39, 0.29) is 12.4 Å². The summed E-state index contributed by atoms with van der Waals surface area (Å²) in [6.45, 7) is 1.21. The predicted octanol–water partition coefficient (Wildman–Crippen LogP) is -1.25. The highest BCUT2D eigenvalue weighted by molar-refractivity contribution is 6.60. The molecule has 0 aliphatic heterocycles. The highest BCUT2D eigenvalue weighted by atomic mass is 35.5. The molecular weight excluding hydrogens is 258 g/mol. The molecule has 0 spiro atoms. The number of hydrogen-bond donors (Lipinski definition) is 0. The molecule has 0 rings (SSSR count). The summed E-state index contributed by atoms with van der Waals surface area (Å²) < 4.78 is 17.2. The summed E-state index contributed by atoms with van der Waals surface area (Å²) in [5.41, 5.74) is 0. The maximum Gasteiger partial charge on any atom is 0.500 e. The molecule has 0 fully saturated rings. The lowest BCUT2D eigenvalue weighted by Crippen LogP contribution is -3.00. The quantitative estimate of drug-likeness (QED) is 0.301. The van der Waals surface area contributed by atoms with Crippen molar-refractivity contribution in [3.8, 4) is 0 Å². The van der Waals surface area contributed by atoms with Crippen LogP contribution in [0.15, 0.2) is 0 Å². The van der Waals surface area contributed by atoms with Crippen LogP contribution in [-0.4, -0.2) is 62.3 Å². The van der Waals surface area contributed by atoms with Gasteiger partial charge in [0.2, 0.25) is 0 Å². The van der Waals surface area contributed by atoms with Gasteiger partial charge in [-0.1, -0.05) is 0 Å². The first-order valence-electron chi connectivity index (χ1n) is 5.85. The summed E-state index contributed by atoms with van der Waals surface area (Å²) in [6.07, 6.45) is 3.56. The molecule has 6 heteroatoms. The van der Waals surface area contributed by atoms with Gasteiger partial charge in [0.15, 0.2) is 0 Å². The molecule has 4 nitrogen and oxygen atoms in total. The molecule has 0 N–H and O–H groups in total. The maximum absolute atomic E-state index is 5.37. The van der Waals surface area contributed by atoms with E-state index in [1.54, 1.807) is 21.3 Å². The summed E-state index contributed by atoms with van der Waals surface area (Å²) in [6, 6.07) is 0.910. The van der Waals surface area contributed by atoms with Gasteiger partial charge in [0.05, 0.1) is 27.7 Å². The minimum absolute atomic E-state index is 0. The van der Waals surface area contributed by atoms with Crippen LogP contribution in [0.1, 0.15) is 19.3 Å². The lowest BCUT2D eigenvalue weighted by atomic mass is 10.2. The van der Waals surface area contributed by atoms with Crippen LogP contribution in [0.2, 0.25) is 6.04 Å². The number of nitrogens with zero attached hydrogens (tertiary/aromatic N) is 1. The van der Waals surface area contributed by atoms with Crippen LogP contribution in [0, 0.1) is 0 Å². The third-order valence-corrected chi connectivity index (χ3v) is 5.58. The molecular formula is C11H28ClNO3Si. The van der Waals surface area contributed by atoms with E-state index in [1.807, 2.05) is 0 Å². The lowest BCUT2D eigenvalue weighted by molar-refractivity contribution is -0.870. The van der Waals surface area contributed by atoms with Crippen LogP contribution in [0.25, 0.3) is 0 Å². The van der Waals surface area contributed by atoms with Crippen molar-refractivity contribution in [2.75, 3.05) is 49.0 Å². The summed E-state index contributed by atoms with van der Waals surface area (Å²) >= 11 is 0. The zero-order chi connectivity index (χ0) is 12.7. The predicted molar refractivity (Wildman–Crippen MR) is 68.3 cm³/mol. The van der Waals surface area contributed by atoms with Crippen LogP contribution < -0.4 is 12.4 Å². The van der Waals surface area contributed by atoms with E-state index in [1.165, 1.54) is 19.4 Å². The molecule has 0 heterocycles. The SMILES string of the molecule is CO[Si](CCCCC[N+](C)(C)C)(OC)OC.[Cl-]. The van der Waals surface area contributed by atoms with E-state index in [9.17, 15) is 0 Å². The Bertz CT molecular complexity index is 176. The van der Waals surface area contributed by atoms with Gasteiger partial charge >= 0.3 is 8.80 Å². The van der Waals surface area contributed by atoms with Crippen molar-refractivity contribution >= 4 is 8.80 Å². The molecule has 0 radical (unpaired) electrons. The van der Waals surface area contributed by atoms with Crippen molar-refractivity contribution in [3.63, 3.8) is 0 Å². The van der Waals surface area contributed by atoms with E-state index in [2.05, 4.69) is 21.1 Å². The van der Waals surface area contributed by atoms with Gasteiger partial charge < -0.3 is 30.2 Å². The molecule has 0 saturated heterocycles. The Hall–Kier alpha value is 0.347. The second-order valence-electron chi connectivity index (χ2n) is 5.12. The van der Waals surface area contributed by atoms with Crippen molar-refractivity contribution in [3.05, 3.63) is 0 Å². The Kier molecular flexibility index (Phi) is 10.8. The maximum atomic E-state index is 5.37. The topological polar surface area (TPSA) is 27.7 Å². The fourth-order valence-corrected chi connectivity index (χ4v) is 3.46. The largest absolute Gasteiger partial charge is 1.00 e. The van der Waals surface area contributed by atoms with Crippen molar-refractivity contribution in [2.45, 2.75) is 25.3 Å². The van der Waals surface area contributed by atoms with E-state index in [4.69, 9.17) is 13.3 Å². The molecule has 0 aromatic heterocycles. The fourth-order valence-electron chi connectivity index (χ4n) is 1.66. The minimum Gasteiger partial charge on any atom is -1.00 e. The van der Waals surface area contributed by atoms with Gasteiger partial charge in [-0.2, -0.15) is 0 Å². The fraction of sp³-hybridized carbons (Fsp3) is 1.00. The van der Waals surface area contributed by atoms with Crippen molar-refractivity contribution in [1.29, 1.82) is 0 Å². The van der Waals surface area contributed by atoms with Gasteiger partial charge in [-0.15, -0.1) is 0 Å². The third-order valence-electron chi connectivity index (χ3n) is 2.74. The highest BCUT2D eigenvalue weighted by Gasteiger charge is 2.36. The van der Waals surface area contributed by atoms with Gasteiger partial charge in [0, 0.05) is 27.4 Å². The Morgan fingerprint density at radius 2 is 1.29 bits per heavy atom. The smallest absolute Gasteiger partial charge is 0.500 e. The average Bonchev–Trinajstić information content (AvgIpc) is 2.23. The molecule has 17 heavy (non-hydrogen) atoms. The number of rotatable bonds is 9. The van der Waals surface area contributed by atoms with Crippen LogP contribution in [0.3, 0.4) is 0 Å². The second kappa shape index (κ2) is 9.30. The van der Waals surface area contributed by atoms with Crippen LogP contribution >= 0.6 is 0 Å². The molecule has 0 aromatic rings. The van der Waals surface area contributed by atoms with Gasteiger partial charge in [-0.3, -0.25) is 0 Å². The molecule has 0 saturated carbocycles. The van der Waals surface area contributed by atoms with Gasteiger partial charge in [0.25, 0.3) is 0 Å². The molecule has 0 aliphatic carbocycles. The third kappa shape index (κ3) is 8.99. The van der Waals surface area contributed by atoms with E-state index in [0.717, 1.165) is 16.9 Å². The summed E-state index contributed by atoms with van der Waals surface area (Å²) in [4.78, 5) is 0. The van der Waals surface area contributed by atoms with E-state index in [0.29, 0.717) is 0 Å². The first-order valence-corrected chi connectivity index (χ1v) is 7.78. The Morgan fingerprint density at radius 1 is 0.824 bits per heavy atom. The van der Waals surface area contributed by atoms with Gasteiger partial charge in [-0.05, 0) is 19.3 Å². The van der Waals surface area contributed by atoms with Crippen LogP contribution in [0.4, 0.5) is 0 Å². The lowest BCUT2D eigenvalue weighted by Gasteiger charge is -2.25. The summed E-state index contributed by atoms with van der Waals surface area (Å²) in [5, 5.41) is 0. The number of unbranched alkanes of at least 4 members (excludes halogenated alkanes) is 2. The molecule has 0 atom stereocenters. The molecule has 106 valence electrons. The number of hydrogen-bond acceptors (Lipinski definition) is 3. The number of quaternary nitrogens is 1. The van der Waals surface area contributed by atoms with Gasteiger partial charge in [0.1, 0.15) is 0 Å². The number of halogens is 1. The Balaban J connectivity index is 0. The highest BCUT2D eigenvalue weighted by Crippen LogP contribution is 2.17. The first-order chi connectivity index (χ1) is 7.39. The molecule has 0 unspecified atom stereocenters.